The molecule has 0 fully saturated rings. The molecule has 0 saturated heterocycles. The topological polar surface area (TPSA) is 89.6 Å². The molecule has 1 unspecified atom stereocenters. The van der Waals surface area contributed by atoms with E-state index in [1.54, 1.807) is 37.6 Å². The number of carboxylic acids is 1. The van der Waals surface area contributed by atoms with Gasteiger partial charge in [-0.3, -0.25) is 9.59 Å². The molecule has 2 atom stereocenters. The zero-order valence-corrected chi connectivity index (χ0v) is 11.4. The molecule has 1 aromatic heterocycles. The number of thiophene rings is 1. The number of esters is 1. The first-order valence-electron chi connectivity index (χ1n) is 5.45. The van der Waals surface area contributed by atoms with Crippen LogP contribution in [0.25, 0.3) is 0 Å². The third kappa shape index (κ3) is 3.82. The SMILES string of the molecule is CC(C)(C)OC(=O)[C@H](C(=O)O)C(N)c1ccsc1. The molecular formula is C12H17NO4S. The van der Waals surface area contributed by atoms with E-state index >= 15 is 0 Å². The Kier molecular flexibility index (Phi) is 4.48. The molecule has 18 heavy (non-hydrogen) atoms. The van der Waals surface area contributed by atoms with Crippen molar-refractivity contribution in [2.45, 2.75) is 32.4 Å². The molecule has 6 heteroatoms. The first-order chi connectivity index (χ1) is 8.22. The standard InChI is InChI=1S/C12H17NO4S/c1-12(2,3)17-11(16)8(10(14)15)9(13)7-4-5-18-6-7/h4-6,8-9H,13H2,1-3H3,(H,14,15)/t8-,9?/m0/s1. The lowest BCUT2D eigenvalue weighted by molar-refractivity contribution is -0.167. The number of carbonyl (C=O) groups excluding carboxylic acids is 1. The molecule has 100 valence electrons. The van der Waals surface area contributed by atoms with E-state index in [1.807, 2.05) is 0 Å². The van der Waals surface area contributed by atoms with E-state index in [-0.39, 0.29) is 0 Å². The zero-order chi connectivity index (χ0) is 13.9. The van der Waals surface area contributed by atoms with Gasteiger partial charge in [0.15, 0.2) is 5.92 Å². The molecule has 0 aliphatic carbocycles. The fourth-order valence-electron chi connectivity index (χ4n) is 1.42. The fraction of sp³-hybridized carbons (Fsp3) is 0.500. The minimum atomic E-state index is -1.39. The van der Waals surface area contributed by atoms with Gasteiger partial charge < -0.3 is 15.6 Å². The molecule has 0 amide bonds. The van der Waals surface area contributed by atoms with Gasteiger partial charge in [-0.1, -0.05) is 0 Å². The van der Waals surface area contributed by atoms with Crippen molar-refractivity contribution in [1.29, 1.82) is 0 Å². The predicted molar refractivity (Wildman–Crippen MR) is 68.2 cm³/mol. The van der Waals surface area contributed by atoms with Gasteiger partial charge in [0.25, 0.3) is 0 Å². The average Bonchev–Trinajstić information content (AvgIpc) is 2.65. The first-order valence-corrected chi connectivity index (χ1v) is 6.40. The molecule has 3 N–H and O–H groups in total. The molecule has 0 aliphatic heterocycles. The molecule has 1 aromatic rings. The Hall–Kier alpha value is -1.40. The van der Waals surface area contributed by atoms with E-state index in [1.165, 1.54) is 11.3 Å². The summed E-state index contributed by atoms with van der Waals surface area (Å²) in [6.07, 6.45) is 0. The van der Waals surface area contributed by atoms with Crippen LogP contribution in [0.2, 0.25) is 0 Å². The molecular weight excluding hydrogens is 254 g/mol. The number of aliphatic carboxylic acids is 1. The van der Waals surface area contributed by atoms with Crippen molar-refractivity contribution >= 4 is 23.3 Å². The van der Waals surface area contributed by atoms with Crippen LogP contribution in [0.1, 0.15) is 32.4 Å². The number of carboxylic acid groups (broad SMARTS) is 1. The highest BCUT2D eigenvalue weighted by Gasteiger charge is 2.37. The quantitative estimate of drug-likeness (QED) is 0.643. The molecule has 0 aromatic carbocycles. The normalized spacial score (nSPS) is 14.9. The van der Waals surface area contributed by atoms with Crippen molar-refractivity contribution in [3.05, 3.63) is 22.4 Å². The number of hydrogen-bond acceptors (Lipinski definition) is 5. The monoisotopic (exact) mass is 271 g/mol. The van der Waals surface area contributed by atoms with Crippen LogP contribution in [-0.4, -0.2) is 22.6 Å². The third-order valence-electron chi connectivity index (χ3n) is 2.21. The van der Waals surface area contributed by atoms with Crippen LogP contribution >= 0.6 is 11.3 Å². The Morgan fingerprint density at radius 3 is 2.44 bits per heavy atom. The first kappa shape index (κ1) is 14.7. The lowest BCUT2D eigenvalue weighted by Gasteiger charge is -2.24. The van der Waals surface area contributed by atoms with Gasteiger partial charge in [-0.15, -0.1) is 0 Å². The molecule has 0 saturated carbocycles. The number of hydrogen-bond donors (Lipinski definition) is 2. The summed E-state index contributed by atoms with van der Waals surface area (Å²) in [5.74, 6) is -3.48. The van der Waals surface area contributed by atoms with Crippen molar-refractivity contribution < 1.29 is 19.4 Å². The molecule has 0 bridgehead atoms. The maximum Gasteiger partial charge on any atom is 0.322 e. The molecule has 1 rings (SSSR count). The molecule has 0 radical (unpaired) electrons. The Balaban J connectivity index is 2.90. The van der Waals surface area contributed by atoms with Gasteiger partial charge in [-0.05, 0) is 43.2 Å². The van der Waals surface area contributed by atoms with Gasteiger partial charge in [-0.2, -0.15) is 11.3 Å². The summed E-state index contributed by atoms with van der Waals surface area (Å²) in [5.41, 5.74) is 5.72. The second-order valence-corrected chi connectivity index (χ2v) is 5.71. The summed E-state index contributed by atoms with van der Waals surface area (Å²) in [6.45, 7) is 5.04. The fourth-order valence-corrected chi connectivity index (χ4v) is 2.13. The van der Waals surface area contributed by atoms with E-state index in [4.69, 9.17) is 15.6 Å². The third-order valence-corrected chi connectivity index (χ3v) is 2.92. The van der Waals surface area contributed by atoms with Gasteiger partial charge in [0.05, 0.1) is 6.04 Å². The van der Waals surface area contributed by atoms with Crippen molar-refractivity contribution in [2.75, 3.05) is 0 Å². The number of carbonyl (C=O) groups is 2. The van der Waals surface area contributed by atoms with Gasteiger partial charge >= 0.3 is 11.9 Å². The van der Waals surface area contributed by atoms with Crippen LogP contribution in [-0.2, 0) is 14.3 Å². The van der Waals surface area contributed by atoms with Crippen molar-refractivity contribution in [3.8, 4) is 0 Å². The second kappa shape index (κ2) is 5.49. The molecule has 5 nitrogen and oxygen atoms in total. The van der Waals surface area contributed by atoms with E-state index in [0.717, 1.165) is 0 Å². The Labute approximate surface area is 110 Å². The van der Waals surface area contributed by atoms with Crippen LogP contribution in [0, 0.1) is 5.92 Å². The summed E-state index contributed by atoms with van der Waals surface area (Å²) in [6, 6.07) is 0.805. The Morgan fingerprint density at radius 1 is 1.44 bits per heavy atom. The van der Waals surface area contributed by atoms with Crippen molar-refractivity contribution in [2.24, 2.45) is 11.7 Å². The van der Waals surface area contributed by atoms with Gasteiger partial charge in [0, 0.05) is 0 Å². The van der Waals surface area contributed by atoms with Crippen molar-refractivity contribution in [1.82, 2.24) is 0 Å². The highest BCUT2D eigenvalue weighted by Crippen LogP contribution is 2.25. The predicted octanol–water partition coefficient (Wildman–Crippen LogP) is 1.79. The largest absolute Gasteiger partial charge is 0.481 e. The van der Waals surface area contributed by atoms with Crippen LogP contribution in [0.3, 0.4) is 0 Å². The summed E-state index contributed by atoms with van der Waals surface area (Å²) in [5, 5.41) is 12.6. The van der Waals surface area contributed by atoms with Gasteiger partial charge in [0.1, 0.15) is 5.60 Å². The smallest absolute Gasteiger partial charge is 0.322 e. The van der Waals surface area contributed by atoms with E-state index in [0.29, 0.717) is 5.56 Å². The van der Waals surface area contributed by atoms with Gasteiger partial charge in [-0.25, -0.2) is 0 Å². The molecule has 0 spiro atoms. The summed E-state index contributed by atoms with van der Waals surface area (Å²) < 4.78 is 5.08. The van der Waals surface area contributed by atoms with Crippen LogP contribution in [0.5, 0.6) is 0 Å². The van der Waals surface area contributed by atoms with E-state index < -0.39 is 29.5 Å². The van der Waals surface area contributed by atoms with E-state index in [2.05, 4.69) is 0 Å². The summed E-state index contributed by atoms with van der Waals surface area (Å²) in [7, 11) is 0. The maximum absolute atomic E-state index is 11.9. The minimum Gasteiger partial charge on any atom is -0.481 e. The Bertz CT molecular complexity index is 422. The minimum absolute atomic E-state index is 0.623. The van der Waals surface area contributed by atoms with Crippen LogP contribution in [0.15, 0.2) is 16.8 Å². The van der Waals surface area contributed by atoms with Crippen LogP contribution < -0.4 is 5.73 Å². The average molecular weight is 271 g/mol. The molecule has 1 heterocycles. The zero-order valence-electron chi connectivity index (χ0n) is 10.5. The second-order valence-electron chi connectivity index (χ2n) is 4.93. The number of ether oxygens (including phenoxy) is 1. The summed E-state index contributed by atoms with van der Waals surface area (Å²) >= 11 is 1.40. The molecule has 0 aliphatic rings. The van der Waals surface area contributed by atoms with Crippen molar-refractivity contribution in [3.63, 3.8) is 0 Å². The Morgan fingerprint density at radius 2 is 2.06 bits per heavy atom. The highest BCUT2D eigenvalue weighted by molar-refractivity contribution is 7.08. The summed E-state index contributed by atoms with van der Waals surface area (Å²) in [4.78, 5) is 23.0. The lowest BCUT2D eigenvalue weighted by Crippen LogP contribution is -2.39. The van der Waals surface area contributed by atoms with Crippen LogP contribution in [0.4, 0.5) is 0 Å². The lowest BCUT2D eigenvalue weighted by atomic mass is 9.95. The van der Waals surface area contributed by atoms with E-state index in [9.17, 15) is 9.59 Å². The van der Waals surface area contributed by atoms with Gasteiger partial charge in [0.2, 0.25) is 0 Å². The number of nitrogens with two attached hydrogens (primary N) is 1. The maximum atomic E-state index is 11.9. The number of rotatable bonds is 4. The highest BCUT2D eigenvalue weighted by atomic mass is 32.1.